The molecule has 0 bridgehead atoms. The second kappa shape index (κ2) is 4.84. The Morgan fingerprint density at radius 1 is 1.14 bits per heavy atom. The molecular formula is C16H17N5. The maximum Gasteiger partial charge on any atom is 0.184 e. The molecule has 0 fully saturated rings. The van der Waals surface area contributed by atoms with Gasteiger partial charge in [0.15, 0.2) is 5.82 Å². The zero-order valence-corrected chi connectivity index (χ0v) is 12.0. The molecule has 0 radical (unpaired) electrons. The van der Waals surface area contributed by atoms with Gasteiger partial charge in [-0.1, -0.05) is 30.3 Å². The molecule has 2 aromatic heterocycles. The van der Waals surface area contributed by atoms with Crippen molar-refractivity contribution < 1.29 is 0 Å². The molecule has 5 nitrogen and oxygen atoms in total. The second-order valence-corrected chi connectivity index (χ2v) is 5.68. The Morgan fingerprint density at radius 2 is 2.00 bits per heavy atom. The first-order chi connectivity index (χ1) is 10.3. The highest BCUT2D eigenvalue weighted by Gasteiger charge is 2.27. The SMILES string of the molecule is Cn1ccc(-c2nnc3n2CC(Cc2ccccc2)C3)n1. The molecule has 106 valence electrons. The summed E-state index contributed by atoms with van der Waals surface area (Å²) in [6.45, 7) is 0.975. The van der Waals surface area contributed by atoms with Crippen LogP contribution in [0.15, 0.2) is 42.6 Å². The molecule has 0 amide bonds. The van der Waals surface area contributed by atoms with E-state index in [2.05, 4.69) is 50.2 Å². The zero-order valence-electron chi connectivity index (χ0n) is 12.0. The van der Waals surface area contributed by atoms with Crippen LogP contribution in [0.25, 0.3) is 11.5 Å². The Morgan fingerprint density at radius 3 is 2.76 bits per heavy atom. The fraction of sp³-hybridized carbons (Fsp3) is 0.312. The highest BCUT2D eigenvalue weighted by Crippen LogP contribution is 2.27. The van der Waals surface area contributed by atoms with E-state index in [1.54, 1.807) is 4.68 Å². The number of fused-ring (bicyclic) bond motifs is 1. The lowest BCUT2D eigenvalue weighted by atomic mass is 9.98. The van der Waals surface area contributed by atoms with Gasteiger partial charge in [0.05, 0.1) is 0 Å². The Labute approximate surface area is 123 Å². The normalized spacial score (nSPS) is 17.1. The van der Waals surface area contributed by atoms with Gasteiger partial charge in [-0.2, -0.15) is 5.10 Å². The van der Waals surface area contributed by atoms with Crippen molar-refractivity contribution in [1.82, 2.24) is 24.5 Å². The average molecular weight is 279 g/mol. The largest absolute Gasteiger partial charge is 0.309 e. The molecule has 0 saturated heterocycles. The van der Waals surface area contributed by atoms with Gasteiger partial charge in [-0.3, -0.25) is 4.68 Å². The summed E-state index contributed by atoms with van der Waals surface area (Å²) in [4.78, 5) is 0. The van der Waals surface area contributed by atoms with Crippen LogP contribution in [0.4, 0.5) is 0 Å². The molecule has 3 aromatic rings. The van der Waals surface area contributed by atoms with Crippen molar-refractivity contribution in [3.05, 3.63) is 54.0 Å². The topological polar surface area (TPSA) is 48.5 Å². The van der Waals surface area contributed by atoms with E-state index < -0.39 is 0 Å². The molecule has 0 aliphatic carbocycles. The number of benzene rings is 1. The summed E-state index contributed by atoms with van der Waals surface area (Å²) in [5.41, 5.74) is 2.29. The van der Waals surface area contributed by atoms with E-state index in [-0.39, 0.29) is 0 Å². The van der Waals surface area contributed by atoms with Crippen molar-refractivity contribution in [3.8, 4) is 11.5 Å². The van der Waals surface area contributed by atoms with E-state index in [0.29, 0.717) is 5.92 Å². The summed E-state index contributed by atoms with van der Waals surface area (Å²) in [5.74, 6) is 2.57. The van der Waals surface area contributed by atoms with Gasteiger partial charge < -0.3 is 4.57 Å². The van der Waals surface area contributed by atoms with Gasteiger partial charge >= 0.3 is 0 Å². The maximum atomic E-state index is 4.43. The van der Waals surface area contributed by atoms with Gasteiger partial charge in [0.25, 0.3) is 0 Å². The second-order valence-electron chi connectivity index (χ2n) is 5.68. The van der Waals surface area contributed by atoms with Gasteiger partial charge in [0.2, 0.25) is 0 Å². The van der Waals surface area contributed by atoms with Gasteiger partial charge in [-0.15, -0.1) is 10.2 Å². The Hall–Kier alpha value is -2.43. The van der Waals surface area contributed by atoms with Crippen molar-refractivity contribution in [1.29, 1.82) is 0 Å². The number of aromatic nitrogens is 5. The number of hydrogen-bond donors (Lipinski definition) is 0. The minimum atomic E-state index is 0.598. The molecule has 4 rings (SSSR count). The van der Waals surface area contributed by atoms with E-state index in [4.69, 9.17) is 0 Å². The molecule has 1 aliphatic rings. The zero-order chi connectivity index (χ0) is 14.2. The van der Waals surface area contributed by atoms with Crippen LogP contribution in [0.2, 0.25) is 0 Å². The molecule has 3 heterocycles. The maximum absolute atomic E-state index is 4.43. The first kappa shape index (κ1) is 12.3. The highest BCUT2D eigenvalue weighted by molar-refractivity contribution is 5.49. The molecular weight excluding hydrogens is 262 g/mol. The van der Waals surface area contributed by atoms with Crippen LogP contribution in [0.5, 0.6) is 0 Å². The molecule has 0 spiro atoms. The van der Waals surface area contributed by atoms with E-state index >= 15 is 0 Å². The van der Waals surface area contributed by atoms with Gasteiger partial charge in [0.1, 0.15) is 11.5 Å². The van der Waals surface area contributed by atoms with Crippen molar-refractivity contribution in [2.75, 3.05) is 0 Å². The first-order valence-electron chi connectivity index (χ1n) is 7.25. The van der Waals surface area contributed by atoms with E-state index in [1.165, 1.54) is 5.56 Å². The number of nitrogens with zero attached hydrogens (tertiary/aromatic N) is 5. The molecule has 1 aromatic carbocycles. The lowest BCUT2D eigenvalue weighted by Crippen LogP contribution is -2.08. The van der Waals surface area contributed by atoms with Crippen molar-refractivity contribution in [2.45, 2.75) is 19.4 Å². The summed E-state index contributed by atoms with van der Waals surface area (Å²) in [6, 6.07) is 12.6. The highest BCUT2D eigenvalue weighted by atomic mass is 15.3. The molecule has 1 unspecified atom stereocenters. The van der Waals surface area contributed by atoms with Crippen LogP contribution in [0.1, 0.15) is 11.4 Å². The van der Waals surface area contributed by atoms with Gasteiger partial charge in [0, 0.05) is 26.2 Å². The number of hydrogen-bond acceptors (Lipinski definition) is 3. The summed E-state index contributed by atoms with van der Waals surface area (Å²) >= 11 is 0. The summed E-state index contributed by atoms with van der Waals surface area (Å²) < 4.78 is 4.02. The standard InChI is InChI=1S/C16H17N5/c1-20-8-7-14(19-20)16-18-17-15-10-13(11-21(15)16)9-12-5-3-2-4-6-12/h2-8,13H,9-11H2,1H3. The lowest BCUT2D eigenvalue weighted by Gasteiger charge is -2.09. The van der Waals surface area contributed by atoms with E-state index in [0.717, 1.165) is 36.7 Å². The minimum absolute atomic E-state index is 0.598. The summed E-state index contributed by atoms with van der Waals surface area (Å²) in [7, 11) is 1.92. The third-order valence-corrected chi connectivity index (χ3v) is 4.05. The lowest BCUT2D eigenvalue weighted by molar-refractivity contribution is 0.508. The fourth-order valence-corrected chi connectivity index (χ4v) is 3.07. The molecule has 0 saturated carbocycles. The summed E-state index contributed by atoms with van der Waals surface area (Å²) in [6.07, 6.45) is 4.02. The Balaban J connectivity index is 1.56. The van der Waals surface area contributed by atoms with Crippen LogP contribution in [-0.4, -0.2) is 24.5 Å². The summed E-state index contributed by atoms with van der Waals surface area (Å²) in [5, 5.41) is 13.1. The van der Waals surface area contributed by atoms with Gasteiger partial charge in [-0.25, -0.2) is 0 Å². The smallest absolute Gasteiger partial charge is 0.184 e. The minimum Gasteiger partial charge on any atom is -0.309 e. The monoisotopic (exact) mass is 279 g/mol. The fourth-order valence-electron chi connectivity index (χ4n) is 3.07. The predicted octanol–water partition coefficient (Wildman–Crippen LogP) is 2.09. The number of rotatable bonds is 3. The van der Waals surface area contributed by atoms with Crippen LogP contribution in [0.3, 0.4) is 0 Å². The van der Waals surface area contributed by atoms with Crippen molar-refractivity contribution in [2.24, 2.45) is 13.0 Å². The third kappa shape index (κ3) is 2.24. The number of aryl methyl sites for hydroxylation is 1. The van der Waals surface area contributed by atoms with Crippen molar-refractivity contribution >= 4 is 0 Å². The first-order valence-corrected chi connectivity index (χ1v) is 7.25. The van der Waals surface area contributed by atoms with Crippen LogP contribution < -0.4 is 0 Å². The van der Waals surface area contributed by atoms with Crippen LogP contribution >= 0.6 is 0 Å². The molecule has 1 atom stereocenters. The Bertz CT molecular complexity index is 756. The Kier molecular flexibility index (Phi) is 2.84. The van der Waals surface area contributed by atoms with Crippen molar-refractivity contribution in [3.63, 3.8) is 0 Å². The molecule has 0 N–H and O–H groups in total. The van der Waals surface area contributed by atoms with Crippen LogP contribution in [-0.2, 0) is 26.4 Å². The predicted molar refractivity (Wildman–Crippen MR) is 79.6 cm³/mol. The van der Waals surface area contributed by atoms with Gasteiger partial charge in [-0.05, 0) is 24.0 Å². The average Bonchev–Trinajstić information content (AvgIpc) is 3.15. The van der Waals surface area contributed by atoms with Crippen LogP contribution in [0, 0.1) is 5.92 Å². The third-order valence-electron chi connectivity index (χ3n) is 4.05. The quantitative estimate of drug-likeness (QED) is 0.737. The van der Waals surface area contributed by atoms with E-state index in [1.807, 2.05) is 19.3 Å². The molecule has 5 heteroatoms. The molecule has 21 heavy (non-hydrogen) atoms. The van der Waals surface area contributed by atoms with E-state index in [9.17, 15) is 0 Å². The molecule has 1 aliphatic heterocycles.